The number of benzene rings is 1. The Balaban J connectivity index is 1.37. The monoisotopic (exact) mass is 344 g/mol. The van der Waals surface area contributed by atoms with Gasteiger partial charge in [-0.15, -0.1) is 0 Å². The van der Waals surface area contributed by atoms with E-state index >= 15 is 0 Å². The Morgan fingerprint density at radius 2 is 1.80 bits per heavy atom. The van der Waals surface area contributed by atoms with E-state index in [9.17, 15) is 9.59 Å². The topological polar surface area (TPSA) is 78.7 Å². The fraction of sp³-hybridized carbons (Fsp3) is 0.579. The zero-order valence-electron chi connectivity index (χ0n) is 14.7. The number of carbonyl (C=O) groups is 2. The van der Waals surface area contributed by atoms with E-state index in [2.05, 4.69) is 34.5 Å². The lowest BCUT2D eigenvalue weighted by Crippen LogP contribution is -2.51. The van der Waals surface area contributed by atoms with Crippen LogP contribution in [0.2, 0.25) is 0 Å². The normalized spacial score (nSPS) is 24.3. The first-order valence-electron chi connectivity index (χ1n) is 9.19. The summed E-state index contributed by atoms with van der Waals surface area (Å²) in [6.07, 6.45) is 2.47. The van der Waals surface area contributed by atoms with E-state index in [-0.39, 0.29) is 30.3 Å². The molecule has 0 aromatic heterocycles. The highest BCUT2D eigenvalue weighted by atomic mass is 16.2. The summed E-state index contributed by atoms with van der Waals surface area (Å²) < 4.78 is 0. The summed E-state index contributed by atoms with van der Waals surface area (Å²) in [5, 5.41) is 2.79. The number of carbonyl (C=O) groups excluding carboxylic acids is 2. The van der Waals surface area contributed by atoms with Crippen LogP contribution in [-0.4, -0.2) is 60.4 Å². The average Bonchev–Trinajstić information content (AvgIpc) is 3.07. The zero-order valence-corrected chi connectivity index (χ0v) is 14.7. The summed E-state index contributed by atoms with van der Waals surface area (Å²) in [5.41, 5.74) is 7.14. The Kier molecular flexibility index (Phi) is 6.04. The Morgan fingerprint density at radius 1 is 1.08 bits per heavy atom. The first-order chi connectivity index (χ1) is 12.1. The van der Waals surface area contributed by atoms with E-state index in [1.165, 1.54) is 5.56 Å². The lowest BCUT2D eigenvalue weighted by Gasteiger charge is -2.34. The largest absolute Gasteiger partial charge is 0.347 e. The van der Waals surface area contributed by atoms with Crippen LogP contribution in [-0.2, 0) is 16.1 Å². The van der Waals surface area contributed by atoms with Crippen molar-refractivity contribution in [1.82, 2.24) is 15.1 Å². The van der Waals surface area contributed by atoms with Crippen molar-refractivity contribution in [2.75, 3.05) is 32.7 Å². The van der Waals surface area contributed by atoms with E-state index in [1.807, 2.05) is 11.0 Å². The van der Waals surface area contributed by atoms with E-state index < -0.39 is 0 Å². The smallest absolute Gasteiger partial charge is 0.242 e. The third-order valence-corrected chi connectivity index (χ3v) is 5.23. The predicted octanol–water partition coefficient (Wildman–Crippen LogP) is 0.574. The molecule has 2 aliphatic rings. The molecule has 2 fully saturated rings. The second-order valence-corrected chi connectivity index (χ2v) is 7.13. The van der Waals surface area contributed by atoms with Crippen LogP contribution in [0, 0.1) is 5.92 Å². The molecule has 136 valence electrons. The van der Waals surface area contributed by atoms with Gasteiger partial charge in [0, 0.05) is 44.7 Å². The third-order valence-electron chi connectivity index (χ3n) is 5.23. The minimum absolute atomic E-state index is 0.00927. The Labute approximate surface area is 149 Å². The Hall–Kier alpha value is -1.92. The van der Waals surface area contributed by atoms with Gasteiger partial charge in [0.2, 0.25) is 11.8 Å². The molecular weight excluding hydrogens is 316 g/mol. The molecule has 0 spiro atoms. The Bertz CT molecular complexity index is 584. The highest BCUT2D eigenvalue weighted by Gasteiger charge is 2.28. The van der Waals surface area contributed by atoms with Crippen molar-refractivity contribution < 1.29 is 9.59 Å². The molecule has 1 saturated carbocycles. The fourth-order valence-corrected chi connectivity index (χ4v) is 3.67. The fourth-order valence-electron chi connectivity index (χ4n) is 3.67. The molecule has 1 aliphatic heterocycles. The van der Waals surface area contributed by atoms with E-state index in [0.29, 0.717) is 0 Å². The summed E-state index contributed by atoms with van der Waals surface area (Å²) in [4.78, 5) is 28.6. The van der Waals surface area contributed by atoms with Crippen molar-refractivity contribution in [2.45, 2.75) is 31.8 Å². The molecule has 1 heterocycles. The number of hydrogen-bond acceptors (Lipinski definition) is 4. The van der Waals surface area contributed by atoms with Crippen molar-refractivity contribution in [1.29, 1.82) is 0 Å². The first kappa shape index (κ1) is 17.9. The van der Waals surface area contributed by atoms with Gasteiger partial charge in [0.15, 0.2) is 0 Å². The van der Waals surface area contributed by atoms with Crippen LogP contribution in [0.25, 0.3) is 0 Å². The van der Waals surface area contributed by atoms with Crippen LogP contribution in [0.15, 0.2) is 30.3 Å². The highest BCUT2D eigenvalue weighted by molar-refractivity contribution is 5.86. The minimum Gasteiger partial charge on any atom is -0.347 e. The van der Waals surface area contributed by atoms with Gasteiger partial charge in [-0.2, -0.15) is 0 Å². The molecule has 6 heteroatoms. The first-order valence-corrected chi connectivity index (χ1v) is 9.19. The molecule has 3 N–H and O–H groups in total. The third kappa shape index (κ3) is 5.03. The second kappa shape index (κ2) is 8.45. The summed E-state index contributed by atoms with van der Waals surface area (Å²) in [6.45, 7) is 4.19. The lowest BCUT2D eigenvalue weighted by atomic mass is 10.1. The maximum atomic E-state index is 12.3. The summed E-state index contributed by atoms with van der Waals surface area (Å²) in [6, 6.07) is 10.5. The van der Waals surface area contributed by atoms with Crippen LogP contribution >= 0.6 is 0 Å². The SMILES string of the molecule is NC1CCC(C(=O)NCC(=O)N2CCN(Cc3ccccc3)CC2)C1. The molecule has 1 aliphatic carbocycles. The maximum absolute atomic E-state index is 12.3. The zero-order chi connectivity index (χ0) is 17.6. The molecule has 1 aromatic rings. The van der Waals surface area contributed by atoms with Gasteiger partial charge in [-0.05, 0) is 24.8 Å². The van der Waals surface area contributed by atoms with Gasteiger partial charge in [0.05, 0.1) is 6.54 Å². The molecule has 3 rings (SSSR count). The summed E-state index contributed by atoms with van der Waals surface area (Å²) in [7, 11) is 0. The minimum atomic E-state index is -0.0241. The number of nitrogens with two attached hydrogens (primary N) is 1. The van der Waals surface area contributed by atoms with Crippen LogP contribution in [0.5, 0.6) is 0 Å². The number of piperazine rings is 1. The van der Waals surface area contributed by atoms with Crippen molar-refractivity contribution in [2.24, 2.45) is 11.7 Å². The molecule has 0 bridgehead atoms. The van der Waals surface area contributed by atoms with Crippen molar-refractivity contribution in [3.05, 3.63) is 35.9 Å². The molecule has 0 radical (unpaired) electrons. The number of amides is 2. The lowest BCUT2D eigenvalue weighted by molar-refractivity contribution is -0.135. The van der Waals surface area contributed by atoms with Crippen molar-refractivity contribution in [3.63, 3.8) is 0 Å². The van der Waals surface area contributed by atoms with E-state index in [1.54, 1.807) is 0 Å². The van der Waals surface area contributed by atoms with E-state index in [0.717, 1.165) is 52.0 Å². The molecular formula is C19H28N4O2. The van der Waals surface area contributed by atoms with Gasteiger partial charge in [0.25, 0.3) is 0 Å². The average molecular weight is 344 g/mol. The van der Waals surface area contributed by atoms with Crippen LogP contribution < -0.4 is 11.1 Å². The molecule has 2 amide bonds. The van der Waals surface area contributed by atoms with Crippen molar-refractivity contribution >= 4 is 11.8 Å². The number of nitrogens with one attached hydrogen (secondary N) is 1. The molecule has 1 saturated heterocycles. The second-order valence-electron chi connectivity index (χ2n) is 7.13. The van der Waals surface area contributed by atoms with Crippen LogP contribution in [0.4, 0.5) is 0 Å². The van der Waals surface area contributed by atoms with E-state index in [4.69, 9.17) is 5.73 Å². The number of nitrogens with zero attached hydrogens (tertiary/aromatic N) is 2. The van der Waals surface area contributed by atoms with Gasteiger partial charge in [-0.1, -0.05) is 30.3 Å². The predicted molar refractivity (Wildman–Crippen MR) is 96.6 cm³/mol. The Morgan fingerprint density at radius 3 is 2.44 bits per heavy atom. The number of hydrogen-bond donors (Lipinski definition) is 2. The standard InChI is InChI=1S/C19H28N4O2/c20-17-7-6-16(12-17)19(25)21-13-18(24)23-10-8-22(9-11-23)14-15-4-2-1-3-5-15/h1-5,16-17H,6-14,20H2,(H,21,25). The molecule has 1 aromatic carbocycles. The van der Waals surface area contributed by atoms with Gasteiger partial charge in [-0.3, -0.25) is 14.5 Å². The number of rotatable bonds is 5. The highest BCUT2D eigenvalue weighted by Crippen LogP contribution is 2.23. The molecule has 2 unspecified atom stereocenters. The van der Waals surface area contributed by atoms with Crippen molar-refractivity contribution in [3.8, 4) is 0 Å². The summed E-state index contributed by atoms with van der Waals surface area (Å²) in [5.74, 6) is -0.0375. The molecule has 25 heavy (non-hydrogen) atoms. The summed E-state index contributed by atoms with van der Waals surface area (Å²) >= 11 is 0. The van der Waals surface area contributed by atoms with Crippen LogP contribution in [0.3, 0.4) is 0 Å². The molecule has 6 nitrogen and oxygen atoms in total. The van der Waals surface area contributed by atoms with Crippen LogP contribution in [0.1, 0.15) is 24.8 Å². The van der Waals surface area contributed by atoms with Gasteiger partial charge in [-0.25, -0.2) is 0 Å². The molecule has 2 atom stereocenters. The van der Waals surface area contributed by atoms with Gasteiger partial charge >= 0.3 is 0 Å². The van der Waals surface area contributed by atoms with Gasteiger partial charge < -0.3 is 16.0 Å². The quantitative estimate of drug-likeness (QED) is 0.819. The van der Waals surface area contributed by atoms with Gasteiger partial charge in [0.1, 0.15) is 0 Å². The maximum Gasteiger partial charge on any atom is 0.242 e.